The Kier molecular flexibility index (Phi) is 80.0. The average molecular weight is 1590 g/mol. The zero-order chi connectivity index (χ0) is 80.8. The number of rotatable bonds is 80. The van der Waals surface area contributed by atoms with Gasteiger partial charge >= 0.3 is 33.6 Å². The smallest absolute Gasteiger partial charge is 0.463 e. The molecule has 0 aromatic carbocycles. The standard InChI is InChI=1S/C93H154O16P2/c1-4-7-10-13-16-19-22-25-28-31-34-37-40-41-42-43-44-45-48-50-52-55-58-61-64-67-70-73-76-79-91(96)103-82-88(94)83-105-110(99,100)106-84-89(95)85-107-111(101,102)108-87-90(109-93(98)81-78-75-72-69-66-63-60-57-54-51-47-39-36-33-30-27-24-21-18-15-12-9-6-3)86-104-92(97)80-77-74-71-68-65-62-59-56-53-49-46-38-35-32-29-26-23-20-17-14-11-8-5-2/h7-8,10-11,16-21,25-30,34-39,41-42,44-45,49,51,53-54,88-90,94-95H,4-6,9,12-15,22-24,31-33,40,43,46-48,50,52,55-87H2,1-3H3,(H,99,100)(H,101,102)/b10-7-,11-8-,19-16-,20-17-,21-18-,28-25-,29-26-,30-27-,37-34-,38-35-,39-36-,42-41-,45-44-,53-49-,54-51-. The number of hydrogen-bond donors (Lipinski definition) is 4. The van der Waals surface area contributed by atoms with E-state index in [0.29, 0.717) is 19.3 Å². The maximum Gasteiger partial charge on any atom is 0.472 e. The molecule has 0 aliphatic heterocycles. The summed E-state index contributed by atoms with van der Waals surface area (Å²) in [6.07, 6.45) is 109. The lowest BCUT2D eigenvalue weighted by molar-refractivity contribution is -0.161. The van der Waals surface area contributed by atoms with Crippen LogP contribution in [0.1, 0.15) is 329 Å². The molecule has 0 saturated heterocycles. The van der Waals surface area contributed by atoms with E-state index < -0.39 is 91.5 Å². The van der Waals surface area contributed by atoms with Crippen molar-refractivity contribution in [2.45, 2.75) is 347 Å². The number of phosphoric acid groups is 2. The molecule has 632 valence electrons. The molecule has 0 aromatic heterocycles. The van der Waals surface area contributed by atoms with Crippen molar-refractivity contribution in [2.75, 3.05) is 39.6 Å². The molecule has 5 unspecified atom stereocenters. The van der Waals surface area contributed by atoms with Crippen LogP contribution in [0.3, 0.4) is 0 Å². The Morgan fingerprint density at radius 2 is 0.477 bits per heavy atom. The second-order valence-electron chi connectivity index (χ2n) is 28.2. The van der Waals surface area contributed by atoms with Gasteiger partial charge in [0.25, 0.3) is 0 Å². The third-order valence-corrected chi connectivity index (χ3v) is 19.5. The molecule has 0 heterocycles. The van der Waals surface area contributed by atoms with E-state index in [4.69, 9.17) is 32.3 Å². The number of unbranched alkanes of at least 4 members (excludes halogenated alkanes) is 27. The molecule has 0 fully saturated rings. The third kappa shape index (κ3) is 85.4. The molecule has 4 N–H and O–H groups in total. The van der Waals surface area contributed by atoms with Crippen molar-refractivity contribution >= 4 is 33.6 Å². The Morgan fingerprint density at radius 1 is 0.261 bits per heavy atom. The van der Waals surface area contributed by atoms with Crippen LogP contribution in [0.5, 0.6) is 0 Å². The maximum atomic E-state index is 13.1. The fourth-order valence-corrected chi connectivity index (χ4v) is 12.7. The minimum absolute atomic E-state index is 0.0834. The zero-order valence-corrected chi connectivity index (χ0v) is 71.1. The lowest BCUT2D eigenvalue weighted by atomic mass is 10.1. The Hall–Kier alpha value is -5.35. The minimum Gasteiger partial charge on any atom is -0.463 e. The number of carbonyl (C=O) groups excluding carboxylic acids is 3. The number of ether oxygens (including phenoxy) is 3. The Labute approximate surface area is 675 Å². The van der Waals surface area contributed by atoms with E-state index in [1.54, 1.807) is 0 Å². The topological polar surface area (TPSA) is 231 Å². The Balaban J connectivity index is 4.68. The highest BCUT2D eigenvalue weighted by molar-refractivity contribution is 7.47. The van der Waals surface area contributed by atoms with Crippen molar-refractivity contribution in [3.8, 4) is 0 Å². The summed E-state index contributed by atoms with van der Waals surface area (Å²) in [7, 11) is -9.82. The van der Waals surface area contributed by atoms with Gasteiger partial charge in [-0.2, -0.15) is 0 Å². The van der Waals surface area contributed by atoms with Gasteiger partial charge in [-0.15, -0.1) is 0 Å². The van der Waals surface area contributed by atoms with E-state index in [1.165, 1.54) is 57.8 Å². The van der Waals surface area contributed by atoms with Crippen molar-refractivity contribution in [1.82, 2.24) is 0 Å². The average Bonchev–Trinajstić information content (AvgIpc) is 0.900. The van der Waals surface area contributed by atoms with Gasteiger partial charge < -0.3 is 34.2 Å². The zero-order valence-electron chi connectivity index (χ0n) is 69.3. The van der Waals surface area contributed by atoms with Gasteiger partial charge in [-0.25, -0.2) is 9.13 Å². The van der Waals surface area contributed by atoms with Crippen molar-refractivity contribution in [2.24, 2.45) is 0 Å². The quantitative estimate of drug-likeness (QED) is 0.0146. The number of aliphatic hydroxyl groups is 2. The van der Waals surface area contributed by atoms with Gasteiger partial charge in [0.05, 0.1) is 26.4 Å². The Morgan fingerprint density at radius 3 is 0.757 bits per heavy atom. The highest BCUT2D eigenvalue weighted by Gasteiger charge is 2.29. The monoisotopic (exact) mass is 1590 g/mol. The van der Waals surface area contributed by atoms with E-state index >= 15 is 0 Å². The van der Waals surface area contributed by atoms with Gasteiger partial charge in [0.15, 0.2) is 6.10 Å². The molecule has 18 heteroatoms. The van der Waals surface area contributed by atoms with E-state index in [2.05, 4.69) is 203 Å². The first kappa shape index (κ1) is 106. The van der Waals surface area contributed by atoms with E-state index in [-0.39, 0.29) is 19.3 Å². The van der Waals surface area contributed by atoms with Gasteiger partial charge in [0.2, 0.25) is 0 Å². The summed E-state index contributed by atoms with van der Waals surface area (Å²) in [6.45, 7) is 2.41. The summed E-state index contributed by atoms with van der Waals surface area (Å²) in [5, 5.41) is 20.7. The largest absolute Gasteiger partial charge is 0.472 e. The first-order valence-electron chi connectivity index (χ1n) is 43.1. The third-order valence-electron chi connectivity index (χ3n) is 17.6. The summed E-state index contributed by atoms with van der Waals surface area (Å²) in [5.41, 5.74) is 0. The van der Waals surface area contributed by atoms with E-state index in [1.807, 2.05) is 0 Å². The van der Waals surface area contributed by atoms with Crippen LogP contribution >= 0.6 is 15.6 Å². The molecule has 0 aliphatic rings. The summed E-state index contributed by atoms with van der Waals surface area (Å²) >= 11 is 0. The second kappa shape index (κ2) is 84.1. The summed E-state index contributed by atoms with van der Waals surface area (Å²) in [5.74, 6) is -1.61. The van der Waals surface area contributed by atoms with E-state index in [0.717, 1.165) is 212 Å². The summed E-state index contributed by atoms with van der Waals surface area (Å²) < 4.78 is 61.4. The van der Waals surface area contributed by atoms with Crippen LogP contribution in [0.2, 0.25) is 0 Å². The molecule has 0 aliphatic carbocycles. The predicted molar refractivity (Wildman–Crippen MR) is 463 cm³/mol. The molecule has 0 amide bonds. The maximum absolute atomic E-state index is 13.1. The van der Waals surface area contributed by atoms with Crippen LogP contribution in [0.15, 0.2) is 182 Å². The predicted octanol–water partition coefficient (Wildman–Crippen LogP) is 26.1. The van der Waals surface area contributed by atoms with Gasteiger partial charge in [0.1, 0.15) is 25.4 Å². The first-order valence-corrected chi connectivity index (χ1v) is 46.1. The fraction of sp³-hybridized carbons (Fsp3) is 0.645. The lowest BCUT2D eigenvalue weighted by Gasteiger charge is -2.21. The normalized spacial score (nSPS) is 14.8. The number of hydrogen-bond acceptors (Lipinski definition) is 14. The summed E-state index contributed by atoms with van der Waals surface area (Å²) in [6, 6.07) is 0. The molecule has 111 heavy (non-hydrogen) atoms. The van der Waals surface area contributed by atoms with E-state index in [9.17, 15) is 43.5 Å². The van der Waals surface area contributed by atoms with Crippen molar-refractivity contribution < 1.29 is 75.8 Å². The van der Waals surface area contributed by atoms with Crippen LogP contribution in [-0.2, 0) is 55.8 Å². The summed E-state index contributed by atoms with van der Waals surface area (Å²) in [4.78, 5) is 58.9. The highest BCUT2D eigenvalue weighted by atomic mass is 31.2. The number of esters is 3. The highest BCUT2D eigenvalue weighted by Crippen LogP contribution is 2.45. The number of allylic oxidation sites excluding steroid dienone is 30. The number of phosphoric ester groups is 2. The van der Waals surface area contributed by atoms with Gasteiger partial charge in [-0.1, -0.05) is 331 Å². The van der Waals surface area contributed by atoms with Crippen LogP contribution < -0.4 is 0 Å². The number of carbonyl (C=O) groups is 3. The molecule has 16 nitrogen and oxygen atoms in total. The number of aliphatic hydroxyl groups excluding tert-OH is 2. The lowest BCUT2D eigenvalue weighted by Crippen LogP contribution is -2.30. The SMILES string of the molecule is CC/C=C\C/C=C\C/C=C\C/C=C\C/C=C\C/C=C\CCCCCCCCCCCCC(=O)OCC(O)COP(=O)(O)OCC(O)COP(=O)(O)OCC(COC(=O)CCCCCCCCC/C=C\C/C=C\C/C=C\C/C=C\C/C=C\CC)OC(=O)CCCCCCCCC/C=C\C/C=C\C/C=C\C/C=C\CCCCC. The van der Waals surface area contributed by atoms with Crippen LogP contribution in [0.25, 0.3) is 0 Å². The van der Waals surface area contributed by atoms with Crippen molar-refractivity contribution in [3.63, 3.8) is 0 Å². The fourth-order valence-electron chi connectivity index (χ4n) is 11.1. The van der Waals surface area contributed by atoms with Crippen molar-refractivity contribution in [3.05, 3.63) is 182 Å². The first-order chi connectivity index (χ1) is 54.2. The molecule has 0 saturated carbocycles. The van der Waals surface area contributed by atoms with Crippen LogP contribution in [-0.4, -0.2) is 95.9 Å². The molecular weight excluding hydrogens is 1430 g/mol. The minimum atomic E-state index is -4.95. The molecule has 0 bridgehead atoms. The van der Waals surface area contributed by atoms with Crippen LogP contribution in [0.4, 0.5) is 0 Å². The van der Waals surface area contributed by atoms with Gasteiger partial charge in [0, 0.05) is 19.3 Å². The molecule has 0 aromatic rings. The van der Waals surface area contributed by atoms with Crippen LogP contribution in [0, 0.1) is 0 Å². The molecule has 0 radical (unpaired) electrons. The van der Waals surface area contributed by atoms with Gasteiger partial charge in [-0.05, 0) is 161 Å². The second-order valence-corrected chi connectivity index (χ2v) is 31.1. The van der Waals surface area contributed by atoms with Crippen molar-refractivity contribution in [1.29, 1.82) is 0 Å². The van der Waals surface area contributed by atoms with Gasteiger partial charge in [-0.3, -0.25) is 32.5 Å². The molecule has 0 rings (SSSR count). The molecule has 0 spiro atoms. The Bertz CT molecular complexity index is 2750. The molecular formula is C93H154O16P2. The molecule has 5 atom stereocenters.